The van der Waals surface area contributed by atoms with Gasteiger partial charge in [0.2, 0.25) is 5.91 Å². The van der Waals surface area contributed by atoms with Crippen molar-refractivity contribution < 1.29 is 14.7 Å². The summed E-state index contributed by atoms with van der Waals surface area (Å²) in [5, 5.41) is 12.0. The zero-order chi connectivity index (χ0) is 14.8. The van der Waals surface area contributed by atoms with Crippen LogP contribution in [-0.4, -0.2) is 28.8 Å². The van der Waals surface area contributed by atoms with Gasteiger partial charge in [0.15, 0.2) is 0 Å². The molecule has 1 aromatic carbocycles. The van der Waals surface area contributed by atoms with E-state index in [9.17, 15) is 9.59 Å². The van der Waals surface area contributed by atoms with Gasteiger partial charge in [-0.15, -0.1) is 11.8 Å². The molecule has 5 heteroatoms. The maximum absolute atomic E-state index is 12.3. The maximum atomic E-state index is 12.3. The van der Waals surface area contributed by atoms with Crippen molar-refractivity contribution in [3.05, 3.63) is 29.8 Å². The second-order valence-electron chi connectivity index (χ2n) is 5.80. The molecular weight excluding hydrogens is 286 g/mol. The molecule has 2 N–H and O–H groups in total. The Hall–Kier alpha value is -1.49. The molecule has 3 atom stereocenters. The van der Waals surface area contributed by atoms with Gasteiger partial charge >= 0.3 is 5.97 Å². The number of carbonyl (C=O) groups excluding carboxylic acids is 1. The molecular formula is C16H19NO3S. The molecule has 0 radical (unpaired) electrons. The second kappa shape index (κ2) is 6.10. The predicted molar refractivity (Wildman–Crippen MR) is 81.3 cm³/mol. The smallest absolute Gasteiger partial charge is 0.306 e. The van der Waals surface area contributed by atoms with Crippen molar-refractivity contribution in [2.75, 3.05) is 6.54 Å². The minimum absolute atomic E-state index is 0.0345. The number of thioether (sulfide) groups is 1. The molecule has 1 heterocycles. The first-order chi connectivity index (χ1) is 10.1. The van der Waals surface area contributed by atoms with E-state index in [-0.39, 0.29) is 23.0 Å². The van der Waals surface area contributed by atoms with Gasteiger partial charge in [0.25, 0.3) is 0 Å². The summed E-state index contributed by atoms with van der Waals surface area (Å²) in [4.78, 5) is 24.6. The van der Waals surface area contributed by atoms with Gasteiger partial charge in [-0.1, -0.05) is 24.6 Å². The largest absolute Gasteiger partial charge is 0.481 e. The van der Waals surface area contributed by atoms with Crippen molar-refractivity contribution in [2.45, 2.75) is 35.8 Å². The highest BCUT2D eigenvalue weighted by Crippen LogP contribution is 2.37. The van der Waals surface area contributed by atoms with Crippen molar-refractivity contribution in [1.82, 2.24) is 5.32 Å². The number of benzene rings is 1. The lowest BCUT2D eigenvalue weighted by atomic mass is 9.96. The van der Waals surface area contributed by atoms with Gasteiger partial charge in [0.05, 0.1) is 11.2 Å². The number of carbonyl (C=O) groups is 2. The summed E-state index contributed by atoms with van der Waals surface area (Å²) in [6, 6.07) is 8.09. The van der Waals surface area contributed by atoms with Crippen molar-refractivity contribution in [2.24, 2.45) is 11.8 Å². The zero-order valence-corrected chi connectivity index (χ0v) is 12.6. The summed E-state index contributed by atoms with van der Waals surface area (Å²) in [6.45, 7) is 0.489. The first kappa shape index (κ1) is 14.4. The molecule has 1 fully saturated rings. The van der Waals surface area contributed by atoms with Crippen LogP contribution in [0.3, 0.4) is 0 Å². The first-order valence-corrected chi connectivity index (χ1v) is 8.28. The van der Waals surface area contributed by atoms with E-state index in [0.29, 0.717) is 6.54 Å². The lowest BCUT2D eigenvalue weighted by Crippen LogP contribution is -2.37. The molecule has 3 unspecified atom stereocenters. The van der Waals surface area contributed by atoms with Crippen LogP contribution in [0.1, 0.15) is 24.8 Å². The summed E-state index contributed by atoms with van der Waals surface area (Å²) in [5.74, 6) is -0.902. The van der Waals surface area contributed by atoms with Gasteiger partial charge in [0.1, 0.15) is 0 Å². The molecule has 2 aliphatic rings. The van der Waals surface area contributed by atoms with Crippen LogP contribution in [0.2, 0.25) is 0 Å². The van der Waals surface area contributed by atoms with Crippen LogP contribution < -0.4 is 5.32 Å². The molecule has 3 rings (SSSR count). The molecule has 1 aliphatic carbocycles. The number of hydrogen-bond acceptors (Lipinski definition) is 3. The van der Waals surface area contributed by atoms with E-state index >= 15 is 0 Å². The fraction of sp³-hybridized carbons (Fsp3) is 0.500. The van der Waals surface area contributed by atoms with Gasteiger partial charge in [-0.3, -0.25) is 9.59 Å². The summed E-state index contributed by atoms with van der Waals surface area (Å²) < 4.78 is 0. The minimum atomic E-state index is -0.727. The van der Waals surface area contributed by atoms with Crippen LogP contribution in [0.15, 0.2) is 29.2 Å². The Morgan fingerprint density at radius 2 is 2.10 bits per heavy atom. The highest BCUT2D eigenvalue weighted by atomic mass is 32.2. The number of hydrogen-bond donors (Lipinski definition) is 2. The van der Waals surface area contributed by atoms with Crippen molar-refractivity contribution in [1.29, 1.82) is 0 Å². The van der Waals surface area contributed by atoms with Gasteiger partial charge in [-0.25, -0.2) is 0 Å². The Bertz CT molecular complexity index is 535. The van der Waals surface area contributed by atoms with Crippen LogP contribution in [0.25, 0.3) is 0 Å². The number of nitrogens with one attached hydrogen (secondary N) is 1. The van der Waals surface area contributed by atoms with E-state index in [2.05, 4.69) is 11.4 Å². The Morgan fingerprint density at radius 3 is 2.86 bits per heavy atom. The molecule has 0 bridgehead atoms. The van der Waals surface area contributed by atoms with Crippen molar-refractivity contribution >= 4 is 23.6 Å². The van der Waals surface area contributed by atoms with Gasteiger partial charge < -0.3 is 10.4 Å². The zero-order valence-electron chi connectivity index (χ0n) is 11.7. The average Bonchev–Trinajstić information content (AvgIpc) is 3.10. The number of rotatable bonds is 4. The normalized spacial score (nSPS) is 27.3. The van der Waals surface area contributed by atoms with Crippen molar-refractivity contribution in [3.8, 4) is 0 Å². The molecule has 1 saturated carbocycles. The number of aliphatic carboxylic acids is 1. The fourth-order valence-corrected chi connectivity index (χ4v) is 4.50. The molecule has 21 heavy (non-hydrogen) atoms. The van der Waals surface area contributed by atoms with E-state index in [0.717, 1.165) is 25.7 Å². The molecule has 1 amide bonds. The Kier molecular flexibility index (Phi) is 4.19. The quantitative estimate of drug-likeness (QED) is 0.896. The highest BCUT2D eigenvalue weighted by molar-refractivity contribution is 8.01. The monoisotopic (exact) mass is 305 g/mol. The van der Waals surface area contributed by atoms with Gasteiger partial charge in [0, 0.05) is 11.4 Å². The van der Waals surface area contributed by atoms with Gasteiger partial charge in [-0.05, 0) is 36.8 Å². The average molecular weight is 305 g/mol. The Labute approximate surface area is 128 Å². The van der Waals surface area contributed by atoms with Crippen LogP contribution in [-0.2, 0) is 16.0 Å². The maximum Gasteiger partial charge on any atom is 0.306 e. The third-order valence-corrected chi connectivity index (χ3v) is 5.77. The topological polar surface area (TPSA) is 66.4 Å². The van der Waals surface area contributed by atoms with Crippen LogP contribution in [0.5, 0.6) is 0 Å². The summed E-state index contributed by atoms with van der Waals surface area (Å²) in [6.07, 6.45) is 3.34. The third-order valence-electron chi connectivity index (χ3n) is 4.45. The van der Waals surface area contributed by atoms with Gasteiger partial charge in [-0.2, -0.15) is 0 Å². The molecule has 4 nitrogen and oxygen atoms in total. The molecule has 1 aliphatic heterocycles. The van der Waals surface area contributed by atoms with Crippen LogP contribution >= 0.6 is 11.8 Å². The van der Waals surface area contributed by atoms with E-state index in [1.54, 1.807) is 11.8 Å². The fourth-order valence-electron chi connectivity index (χ4n) is 3.28. The van der Waals surface area contributed by atoms with Crippen LogP contribution in [0.4, 0.5) is 0 Å². The summed E-state index contributed by atoms with van der Waals surface area (Å²) in [7, 11) is 0. The number of amides is 1. The highest BCUT2D eigenvalue weighted by Gasteiger charge is 2.34. The second-order valence-corrected chi connectivity index (χ2v) is 7.04. The molecule has 0 saturated heterocycles. The van der Waals surface area contributed by atoms with E-state index in [1.807, 2.05) is 18.2 Å². The summed E-state index contributed by atoms with van der Waals surface area (Å²) >= 11 is 1.61. The standard InChI is InChI=1S/C16H19NO3S/c18-15(14-8-10-4-1-2-7-13(10)21-14)17-9-11-5-3-6-12(11)16(19)20/h1-2,4,7,11-12,14H,3,5-6,8-9H2,(H,17,18)(H,19,20). The third kappa shape index (κ3) is 3.07. The van der Waals surface area contributed by atoms with Crippen LogP contribution in [0, 0.1) is 11.8 Å². The Balaban J connectivity index is 1.53. The van der Waals surface area contributed by atoms with E-state index in [1.165, 1.54) is 10.5 Å². The van der Waals surface area contributed by atoms with E-state index < -0.39 is 5.97 Å². The summed E-state index contributed by atoms with van der Waals surface area (Å²) in [5.41, 5.74) is 1.23. The molecule has 0 aromatic heterocycles. The Morgan fingerprint density at radius 1 is 1.29 bits per heavy atom. The van der Waals surface area contributed by atoms with E-state index in [4.69, 9.17) is 5.11 Å². The SMILES string of the molecule is O=C(NCC1CCCC1C(=O)O)C1Cc2ccccc2S1. The minimum Gasteiger partial charge on any atom is -0.481 e. The first-order valence-electron chi connectivity index (χ1n) is 7.40. The predicted octanol–water partition coefficient (Wildman–Crippen LogP) is 2.32. The lowest BCUT2D eigenvalue weighted by molar-refractivity contribution is -0.143. The number of fused-ring (bicyclic) bond motifs is 1. The lowest BCUT2D eigenvalue weighted by Gasteiger charge is -2.17. The number of carboxylic acids is 1. The number of carboxylic acid groups (broad SMARTS) is 1. The van der Waals surface area contributed by atoms with Crippen molar-refractivity contribution in [3.63, 3.8) is 0 Å². The molecule has 0 spiro atoms. The molecule has 112 valence electrons. The molecule has 1 aromatic rings.